The van der Waals surface area contributed by atoms with Crippen molar-refractivity contribution in [3.63, 3.8) is 0 Å². The van der Waals surface area contributed by atoms with Crippen molar-refractivity contribution in [3.8, 4) is 0 Å². The van der Waals surface area contributed by atoms with Crippen LogP contribution in [0.1, 0.15) is 19.8 Å². The predicted molar refractivity (Wildman–Crippen MR) is 82.0 cm³/mol. The maximum absolute atomic E-state index is 12.6. The van der Waals surface area contributed by atoms with Gasteiger partial charge in [-0.3, -0.25) is 0 Å². The Kier molecular flexibility index (Phi) is 5.06. The maximum Gasteiger partial charge on any atom is 0.243 e. The van der Waals surface area contributed by atoms with Crippen molar-refractivity contribution in [3.05, 3.63) is 22.7 Å². The third-order valence-electron chi connectivity index (χ3n) is 3.35. The van der Waals surface area contributed by atoms with E-state index in [2.05, 4.69) is 15.9 Å². The van der Waals surface area contributed by atoms with Crippen LogP contribution >= 0.6 is 15.9 Å². The maximum atomic E-state index is 12.6. The van der Waals surface area contributed by atoms with Crippen LogP contribution in [0.25, 0.3) is 0 Å². The van der Waals surface area contributed by atoms with Crippen molar-refractivity contribution >= 4 is 31.6 Å². The van der Waals surface area contributed by atoms with Crippen molar-refractivity contribution in [2.45, 2.75) is 30.8 Å². The van der Waals surface area contributed by atoms with Crippen LogP contribution in [0.15, 0.2) is 27.6 Å². The van der Waals surface area contributed by atoms with E-state index in [1.165, 1.54) is 10.4 Å². The van der Waals surface area contributed by atoms with Crippen molar-refractivity contribution in [2.24, 2.45) is 0 Å². The van der Waals surface area contributed by atoms with Gasteiger partial charge in [-0.05, 0) is 53.9 Å². The van der Waals surface area contributed by atoms with Crippen LogP contribution in [0.2, 0.25) is 0 Å². The number of nitrogen functional groups attached to an aromatic ring is 1. The Bertz CT molecular complexity index is 575. The van der Waals surface area contributed by atoms with Gasteiger partial charge in [-0.2, -0.15) is 4.31 Å². The lowest BCUT2D eigenvalue weighted by molar-refractivity contribution is 0.0265. The highest BCUT2D eigenvalue weighted by Crippen LogP contribution is 2.27. The summed E-state index contributed by atoms with van der Waals surface area (Å²) in [5.74, 6) is 0. The summed E-state index contributed by atoms with van der Waals surface area (Å²) < 4.78 is 32.9. The molecule has 1 unspecified atom stereocenters. The van der Waals surface area contributed by atoms with E-state index in [4.69, 9.17) is 10.5 Å². The van der Waals surface area contributed by atoms with Crippen LogP contribution in [0.3, 0.4) is 0 Å². The predicted octanol–water partition coefficient (Wildman–Crippen LogP) is 2.22. The molecular weight excluding hydrogens is 344 g/mol. The first-order valence-corrected chi connectivity index (χ1v) is 8.85. The second-order valence-corrected chi connectivity index (χ2v) is 7.56. The van der Waals surface area contributed by atoms with Gasteiger partial charge in [0.25, 0.3) is 0 Å². The van der Waals surface area contributed by atoms with Crippen LogP contribution in [-0.2, 0) is 14.8 Å². The Morgan fingerprint density at radius 1 is 1.50 bits per heavy atom. The zero-order valence-electron chi connectivity index (χ0n) is 11.4. The van der Waals surface area contributed by atoms with Gasteiger partial charge in [0.1, 0.15) is 0 Å². The SMILES string of the molecule is CCOC1CCCN(S(=O)(=O)c2ccc(Br)c(N)c2)C1. The van der Waals surface area contributed by atoms with E-state index in [9.17, 15) is 8.42 Å². The Labute approximate surface area is 128 Å². The van der Waals surface area contributed by atoms with E-state index < -0.39 is 10.0 Å². The zero-order valence-corrected chi connectivity index (χ0v) is 13.8. The third kappa shape index (κ3) is 3.33. The first kappa shape index (κ1) is 15.8. The molecule has 0 radical (unpaired) electrons. The lowest BCUT2D eigenvalue weighted by atomic mass is 10.1. The number of ether oxygens (including phenoxy) is 1. The first-order chi connectivity index (χ1) is 9.45. The molecule has 112 valence electrons. The lowest BCUT2D eigenvalue weighted by Crippen LogP contribution is -2.43. The zero-order chi connectivity index (χ0) is 14.8. The van der Waals surface area contributed by atoms with Gasteiger partial charge in [-0.1, -0.05) is 0 Å². The summed E-state index contributed by atoms with van der Waals surface area (Å²) >= 11 is 3.27. The van der Waals surface area contributed by atoms with Crippen LogP contribution in [0.5, 0.6) is 0 Å². The van der Waals surface area contributed by atoms with Crippen molar-refractivity contribution in [1.82, 2.24) is 4.31 Å². The third-order valence-corrected chi connectivity index (χ3v) is 5.93. The number of sulfonamides is 1. The van der Waals surface area contributed by atoms with E-state index in [-0.39, 0.29) is 11.0 Å². The Morgan fingerprint density at radius 3 is 2.90 bits per heavy atom. The smallest absolute Gasteiger partial charge is 0.243 e. The summed E-state index contributed by atoms with van der Waals surface area (Å²) in [4.78, 5) is 0.232. The van der Waals surface area contributed by atoms with Gasteiger partial charge < -0.3 is 10.5 Å². The molecule has 1 fully saturated rings. The minimum atomic E-state index is -3.50. The van der Waals surface area contributed by atoms with Gasteiger partial charge in [0, 0.05) is 29.9 Å². The number of hydrogen-bond acceptors (Lipinski definition) is 4. The van der Waals surface area contributed by atoms with Crippen LogP contribution in [0.4, 0.5) is 5.69 Å². The molecule has 2 rings (SSSR count). The molecule has 2 N–H and O–H groups in total. The van der Waals surface area contributed by atoms with Crippen LogP contribution in [0, 0.1) is 0 Å². The largest absolute Gasteiger partial charge is 0.398 e. The van der Waals surface area contributed by atoms with Gasteiger partial charge in [0.15, 0.2) is 0 Å². The van der Waals surface area contributed by atoms with E-state index in [0.717, 1.165) is 12.8 Å². The number of benzene rings is 1. The Morgan fingerprint density at radius 2 is 2.25 bits per heavy atom. The van der Waals surface area contributed by atoms with E-state index in [0.29, 0.717) is 29.9 Å². The number of hydrogen-bond donors (Lipinski definition) is 1. The van der Waals surface area contributed by atoms with Gasteiger partial charge in [-0.15, -0.1) is 0 Å². The van der Waals surface area contributed by atoms with E-state index in [1.54, 1.807) is 12.1 Å². The molecule has 1 aliphatic heterocycles. The first-order valence-electron chi connectivity index (χ1n) is 6.62. The quantitative estimate of drug-likeness (QED) is 0.833. The fourth-order valence-electron chi connectivity index (χ4n) is 2.33. The molecular formula is C13H19BrN2O3S. The molecule has 1 atom stereocenters. The van der Waals surface area contributed by atoms with E-state index >= 15 is 0 Å². The molecule has 20 heavy (non-hydrogen) atoms. The monoisotopic (exact) mass is 362 g/mol. The number of piperidine rings is 1. The molecule has 1 saturated heterocycles. The van der Waals surface area contributed by atoms with E-state index in [1.807, 2.05) is 6.92 Å². The van der Waals surface area contributed by atoms with Crippen molar-refractivity contribution in [2.75, 3.05) is 25.4 Å². The van der Waals surface area contributed by atoms with Gasteiger partial charge in [0.2, 0.25) is 10.0 Å². The topological polar surface area (TPSA) is 72.6 Å². The summed E-state index contributed by atoms with van der Waals surface area (Å²) in [5, 5.41) is 0. The molecule has 1 heterocycles. The van der Waals surface area contributed by atoms with Gasteiger partial charge in [-0.25, -0.2) is 8.42 Å². The molecule has 0 spiro atoms. The van der Waals surface area contributed by atoms with Crippen LogP contribution in [-0.4, -0.2) is 38.5 Å². The van der Waals surface area contributed by atoms with Crippen molar-refractivity contribution < 1.29 is 13.2 Å². The van der Waals surface area contributed by atoms with Crippen LogP contribution < -0.4 is 5.73 Å². The number of anilines is 1. The second-order valence-electron chi connectivity index (χ2n) is 4.77. The molecule has 1 aliphatic rings. The Hall–Kier alpha value is -0.630. The number of nitrogens with zero attached hydrogens (tertiary/aromatic N) is 1. The Balaban J connectivity index is 2.23. The number of halogens is 1. The van der Waals surface area contributed by atoms with Crippen molar-refractivity contribution in [1.29, 1.82) is 0 Å². The molecule has 1 aromatic carbocycles. The average Bonchev–Trinajstić information content (AvgIpc) is 2.42. The highest BCUT2D eigenvalue weighted by molar-refractivity contribution is 9.10. The summed E-state index contributed by atoms with van der Waals surface area (Å²) in [6, 6.07) is 4.72. The molecule has 0 aliphatic carbocycles. The molecule has 7 heteroatoms. The van der Waals surface area contributed by atoms with Gasteiger partial charge in [0.05, 0.1) is 11.0 Å². The fraction of sp³-hybridized carbons (Fsp3) is 0.538. The minimum absolute atomic E-state index is 0.0173. The lowest BCUT2D eigenvalue weighted by Gasteiger charge is -2.31. The standard InChI is InChI=1S/C13H19BrN2O3S/c1-2-19-10-4-3-7-16(9-10)20(17,18)11-5-6-12(14)13(15)8-11/h5-6,8,10H,2-4,7,9,15H2,1H3. The summed E-state index contributed by atoms with van der Waals surface area (Å²) in [5.41, 5.74) is 6.19. The summed E-state index contributed by atoms with van der Waals surface area (Å²) in [6.45, 7) is 3.46. The molecule has 1 aromatic rings. The van der Waals surface area contributed by atoms with Gasteiger partial charge >= 0.3 is 0 Å². The fourth-order valence-corrected chi connectivity index (χ4v) is 4.12. The molecule has 0 bridgehead atoms. The minimum Gasteiger partial charge on any atom is -0.398 e. The summed E-state index contributed by atoms with van der Waals surface area (Å²) in [7, 11) is -3.50. The molecule has 0 saturated carbocycles. The number of nitrogens with two attached hydrogens (primary N) is 1. The molecule has 0 aromatic heterocycles. The molecule has 5 nitrogen and oxygen atoms in total. The summed E-state index contributed by atoms with van der Waals surface area (Å²) in [6.07, 6.45) is 1.70. The number of rotatable bonds is 4. The highest BCUT2D eigenvalue weighted by atomic mass is 79.9. The average molecular weight is 363 g/mol. The normalized spacial score (nSPS) is 21.0. The second kappa shape index (κ2) is 6.43. The molecule has 0 amide bonds. The highest BCUT2D eigenvalue weighted by Gasteiger charge is 2.30.